The van der Waals surface area contributed by atoms with E-state index in [1.54, 1.807) is 0 Å². The normalized spacial score (nSPS) is 40.0. The zero-order valence-corrected chi connectivity index (χ0v) is 11.8. The SMILES string of the molecule is C#CC1(C[C@]23OC(C)(C)O[C@H]2Cc2ccccc23)CO1. The fraction of sp³-hybridized carbons (Fsp3) is 0.529. The lowest BCUT2D eigenvalue weighted by Gasteiger charge is -2.31. The topological polar surface area (TPSA) is 31.0 Å². The van der Waals surface area contributed by atoms with E-state index in [1.807, 2.05) is 19.9 Å². The summed E-state index contributed by atoms with van der Waals surface area (Å²) in [4.78, 5) is 0. The zero-order valence-electron chi connectivity index (χ0n) is 11.8. The molecule has 20 heavy (non-hydrogen) atoms. The van der Waals surface area contributed by atoms with Crippen molar-refractivity contribution in [3.8, 4) is 12.3 Å². The number of terminal acetylenes is 1. The van der Waals surface area contributed by atoms with E-state index in [-0.39, 0.29) is 6.10 Å². The molecule has 0 saturated carbocycles. The lowest BCUT2D eigenvalue weighted by Crippen LogP contribution is -2.38. The van der Waals surface area contributed by atoms with E-state index in [1.165, 1.54) is 11.1 Å². The Labute approximate surface area is 119 Å². The van der Waals surface area contributed by atoms with Crippen LogP contribution in [0.5, 0.6) is 0 Å². The van der Waals surface area contributed by atoms with Gasteiger partial charge in [0.1, 0.15) is 5.60 Å². The average Bonchev–Trinajstić information content (AvgIpc) is 3.04. The molecule has 0 spiro atoms. The maximum Gasteiger partial charge on any atom is 0.164 e. The van der Waals surface area contributed by atoms with Gasteiger partial charge in [-0.25, -0.2) is 0 Å². The van der Waals surface area contributed by atoms with E-state index in [0.717, 1.165) is 6.42 Å². The highest BCUT2D eigenvalue weighted by Gasteiger charge is 2.63. The van der Waals surface area contributed by atoms with Crippen LogP contribution in [0.4, 0.5) is 0 Å². The third-order valence-corrected chi connectivity index (χ3v) is 4.56. The molecule has 0 bridgehead atoms. The number of benzene rings is 1. The van der Waals surface area contributed by atoms with E-state index < -0.39 is 17.0 Å². The Morgan fingerprint density at radius 3 is 2.80 bits per heavy atom. The molecular formula is C17H18O3. The maximum atomic E-state index is 6.37. The summed E-state index contributed by atoms with van der Waals surface area (Å²) in [5.74, 6) is 2.21. The lowest BCUT2D eigenvalue weighted by atomic mass is 9.84. The third-order valence-electron chi connectivity index (χ3n) is 4.56. The molecule has 1 aromatic rings. The first kappa shape index (κ1) is 12.4. The molecule has 0 amide bonds. The Morgan fingerprint density at radius 2 is 2.10 bits per heavy atom. The Hall–Kier alpha value is -1.34. The van der Waals surface area contributed by atoms with Gasteiger partial charge in [0.25, 0.3) is 0 Å². The van der Waals surface area contributed by atoms with Gasteiger partial charge in [0.05, 0.1) is 12.7 Å². The van der Waals surface area contributed by atoms with Crippen molar-refractivity contribution in [2.75, 3.05) is 6.61 Å². The molecule has 1 aromatic carbocycles. The van der Waals surface area contributed by atoms with E-state index in [2.05, 4.69) is 24.1 Å². The van der Waals surface area contributed by atoms with Crippen molar-refractivity contribution in [3.05, 3.63) is 35.4 Å². The van der Waals surface area contributed by atoms with Crippen LogP contribution in [0.15, 0.2) is 24.3 Å². The summed E-state index contributed by atoms with van der Waals surface area (Å²) in [6.45, 7) is 4.54. The summed E-state index contributed by atoms with van der Waals surface area (Å²) in [6.07, 6.45) is 7.20. The molecule has 3 aliphatic rings. The summed E-state index contributed by atoms with van der Waals surface area (Å²) in [7, 11) is 0. The highest BCUT2D eigenvalue weighted by molar-refractivity contribution is 5.42. The van der Waals surface area contributed by atoms with Gasteiger partial charge in [-0.1, -0.05) is 30.2 Å². The monoisotopic (exact) mass is 270 g/mol. The number of hydrogen-bond acceptors (Lipinski definition) is 3. The van der Waals surface area contributed by atoms with Crippen molar-refractivity contribution in [1.29, 1.82) is 0 Å². The van der Waals surface area contributed by atoms with Crippen LogP contribution in [0.1, 0.15) is 31.4 Å². The van der Waals surface area contributed by atoms with Gasteiger partial charge in [-0.2, -0.15) is 0 Å². The third kappa shape index (κ3) is 1.59. The van der Waals surface area contributed by atoms with Crippen molar-refractivity contribution in [2.24, 2.45) is 0 Å². The quantitative estimate of drug-likeness (QED) is 0.610. The van der Waals surface area contributed by atoms with Gasteiger partial charge in [0.2, 0.25) is 0 Å². The highest BCUT2D eigenvalue weighted by atomic mass is 16.8. The summed E-state index contributed by atoms with van der Waals surface area (Å²) >= 11 is 0. The summed E-state index contributed by atoms with van der Waals surface area (Å²) in [5, 5.41) is 0. The number of fused-ring (bicyclic) bond motifs is 3. The van der Waals surface area contributed by atoms with Crippen LogP contribution < -0.4 is 0 Å². The molecule has 3 nitrogen and oxygen atoms in total. The molecule has 1 aliphatic carbocycles. The predicted molar refractivity (Wildman–Crippen MR) is 74.0 cm³/mol. The van der Waals surface area contributed by atoms with Crippen molar-refractivity contribution < 1.29 is 14.2 Å². The molecule has 0 radical (unpaired) electrons. The molecule has 2 heterocycles. The number of epoxide rings is 1. The minimum Gasteiger partial charge on any atom is -0.356 e. The number of hydrogen-bond donors (Lipinski definition) is 0. The average molecular weight is 270 g/mol. The number of rotatable bonds is 2. The molecule has 3 atom stereocenters. The van der Waals surface area contributed by atoms with Crippen LogP contribution in [0.25, 0.3) is 0 Å². The minimum atomic E-state index is -0.580. The second kappa shape index (κ2) is 3.65. The summed E-state index contributed by atoms with van der Waals surface area (Å²) in [5.41, 5.74) is 1.56. The van der Waals surface area contributed by atoms with Gasteiger partial charge in [0, 0.05) is 12.8 Å². The van der Waals surface area contributed by atoms with Crippen LogP contribution >= 0.6 is 0 Å². The lowest BCUT2D eigenvalue weighted by molar-refractivity contribution is -0.169. The fourth-order valence-electron chi connectivity index (χ4n) is 3.70. The first-order valence-corrected chi connectivity index (χ1v) is 7.07. The zero-order chi connectivity index (χ0) is 14.0. The minimum absolute atomic E-state index is 0.0179. The van der Waals surface area contributed by atoms with E-state index >= 15 is 0 Å². The van der Waals surface area contributed by atoms with Gasteiger partial charge in [-0.15, -0.1) is 6.42 Å². The Morgan fingerprint density at radius 1 is 1.35 bits per heavy atom. The van der Waals surface area contributed by atoms with Gasteiger partial charge in [0.15, 0.2) is 11.4 Å². The molecular weight excluding hydrogens is 252 g/mol. The molecule has 0 N–H and O–H groups in total. The van der Waals surface area contributed by atoms with Crippen LogP contribution in [0.3, 0.4) is 0 Å². The van der Waals surface area contributed by atoms with E-state index in [9.17, 15) is 0 Å². The molecule has 2 fully saturated rings. The standard InChI is InChI=1S/C17H18O3/c1-4-16(11-18-16)10-17-13-8-6-5-7-12(13)9-14(17)19-15(2,3)20-17/h1,5-8,14H,9-11H2,2-3H3/t14-,16?,17+/m0/s1. The van der Waals surface area contributed by atoms with Gasteiger partial charge in [-0.05, 0) is 25.0 Å². The van der Waals surface area contributed by atoms with Crippen LogP contribution in [0.2, 0.25) is 0 Å². The Balaban J connectivity index is 1.81. The van der Waals surface area contributed by atoms with Gasteiger partial charge < -0.3 is 14.2 Å². The highest BCUT2D eigenvalue weighted by Crippen LogP contribution is 2.56. The molecule has 0 aromatic heterocycles. The summed E-state index contributed by atoms with van der Waals surface area (Å²) in [6, 6.07) is 8.38. The van der Waals surface area contributed by atoms with Crippen LogP contribution in [0, 0.1) is 12.3 Å². The van der Waals surface area contributed by atoms with Crippen LogP contribution in [-0.4, -0.2) is 24.1 Å². The van der Waals surface area contributed by atoms with Gasteiger partial charge in [-0.3, -0.25) is 0 Å². The molecule has 104 valence electrons. The van der Waals surface area contributed by atoms with Crippen molar-refractivity contribution in [3.63, 3.8) is 0 Å². The Kier molecular flexibility index (Phi) is 2.26. The van der Waals surface area contributed by atoms with Crippen molar-refractivity contribution in [1.82, 2.24) is 0 Å². The predicted octanol–water partition coefficient (Wildman–Crippen LogP) is 2.38. The smallest absolute Gasteiger partial charge is 0.164 e. The first-order valence-electron chi connectivity index (χ1n) is 7.07. The molecule has 4 rings (SSSR count). The fourth-order valence-corrected chi connectivity index (χ4v) is 3.70. The second-order valence-electron chi connectivity index (χ2n) is 6.46. The number of ether oxygens (including phenoxy) is 3. The van der Waals surface area contributed by atoms with E-state index in [4.69, 9.17) is 20.6 Å². The largest absolute Gasteiger partial charge is 0.356 e. The maximum absolute atomic E-state index is 6.37. The van der Waals surface area contributed by atoms with Crippen molar-refractivity contribution in [2.45, 2.75) is 49.8 Å². The molecule has 2 aliphatic heterocycles. The van der Waals surface area contributed by atoms with Gasteiger partial charge >= 0.3 is 0 Å². The van der Waals surface area contributed by atoms with Crippen molar-refractivity contribution >= 4 is 0 Å². The molecule has 2 saturated heterocycles. The Bertz CT molecular complexity index is 609. The van der Waals surface area contributed by atoms with Crippen LogP contribution in [-0.2, 0) is 26.2 Å². The summed E-state index contributed by atoms with van der Waals surface area (Å²) < 4.78 is 18.0. The molecule has 3 heteroatoms. The first-order chi connectivity index (χ1) is 9.49. The molecule has 1 unspecified atom stereocenters. The van der Waals surface area contributed by atoms with E-state index in [0.29, 0.717) is 13.0 Å². The second-order valence-corrected chi connectivity index (χ2v) is 6.46.